The molecule has 0 bridgehead atoms. The van der Waals surface area contributed by atoms with Gasteiger partial charge in [0.15, 0.2) is 5.58 Å². The molecule has 0 aliphatic carbocycles. The largest absolute Gasteiger partial charge is 0.502 e. The Hall–Kier alpha value is -4.23. The number of phenols is 1. The van der Waals surface area contributed by atoms with Crippen LogP contribution in [0, 0.1) is 10.1 Å². The zero-order valence-corrected chi connectivity index (χ0v) is 17.2. The highest BCUT2D eigenvalue weighted by atomic mass is 35.5. The lowest BCUT2D eigenvalue weighted by atomic mass is 10.0. The Morgan fingerprint density at radius 3 is 2.72 bits per heavy atom. The molecule has 0 saturated heterocycles. The van der Waals surface area contributed by atoms with Crippen molar-refractivity contribution in [3.05, 3.63) is 93.5 Å². The van der Waals surface area contributed by atoms with Crippen molar-refractivity contribution in [1.29, 1.82) is 0 Å². The average molecular weight is 444 g/mol. The molecule has 32 heavy (non-hydrogen) atoms. The van der Waals surface area contributed by atoms with E-state index in [1.54, 1.807) is 18.2 Å². The first-order valence-electron chi connectivity index (χ1n) is 9.59. The normalized spacial score (nSPS) is 11.5. The van der Waals surface area contributed by atoms with Crippen LogP contribution < -0.4 is 0 Å². The Kier molecular flexibility index (Phi) is 4.80. The summed E-state index contributed by atoms with van der Waals surface area (Å²) in [6.07, 6.45) is 1.32. The minimum atomic E-state index is -0.700. The lowest BCUT2D eigenvalue weighted by Crippen LogP contribution is -1.92. The molecule has 0 fully saturated rings. The fourth-order valence-corrected chi connectivity index (χ4v) is 3.73. The third-order valence-corrected chi connectivity index (χ3v) is 5.24. The van der Waals surface area contributed by atoms with Crippen LogP contribution in [0.25, 0.3) is 33.3 Å². The van der Waals surface area contributed by atoms with Gasteiger partial charge < -0.3 is 9.52 Å². The van der Waals surface area contributed by atoms with E-state index < -0.39 is 16.4 Å². The number of halogens is 1. The number of fused-ring (bicyclic) bond motifs is 2. The zero-order valence-electron chi connectivity index (χ0n) is 16.4. The number of hydrogen-bond acceptors (Lipinski definition) is 6. The van der Waals surface area contributed by atoms with E-state index in [1.165, 1.54) is 12.3 Å². The van der Waals surface area contributed by atoms with Gasteiger partial charge >= 0.3 is 5.69 Å². The lowest BCUT2D eigenvalue weighted by Gasteiger charge is -2.01. The van der Waals surface area contributed by atoms with E-state index in [9.17, 15) is 15.2 Å². The van der Waals surface area contributed by atoms with E-state index in [0.717, 1.165) is 22.4 Å². The first-order chi connectivity index (χ1) is 15.5. The van der Waals surface area contributed by atoms with Gasteiger partial charge in [-0.05, 0) is 41.1 Å². The van der Waals surface area contributed by atoms with Gasteiger partial charge in [-0.25, -0.2) is 4.98 Å². The SMILES string of the molecule is O=[N+]([O-])c1cc(Cl)cc(C=Nc2ccc3oc(-c4cccc5ccccc45)nc3c2)c1O. The van der Waals surface area contributed by atoms with Gasteiger partial charge in [0.05, 0.1) is 10.6 Å². The number of aromatic nitrogens is 1. The number of phenolic OH excluding ortho intramolecular Hbond substituents is 1. The van der Waals surface area contributed by atoms with Crippen LogP contribution in [-0.2, 0) is 0 Å². The second-order valence-corrected chi connectivity index (χ2v) is 7.51. The fraction of sp³-hybridized carbons (Fsp3) is 0. The zero-order chi connectivity index (χ0) is 22.2. The smallest absolute Gasteiger partial charge is 0.312 e. The molecular formula is C24H14ClN3O4. The predicted octanol–water partition coefficient (Wildman–Crippen LogP) is 6.67. The van der Waals surface area contributed by atoms with E-state index >= 15 is 0 Å². The number of rotatable bonds is 4. The van der Waals surface area contributed by atoms with Crippen LogP contribution in [-0.4, -0.2) is 21.2 Å². The molecule has 0 atom stereocenters. The maximum atomic E-state index is 11.1. The molecule has 156 valence electrons. The molecule has 7 nitrogen and oxygen atoms in total. The Labute approximate surface area is 186 Å². The van der Waals surface area contributed by atoms with Crippen LogP contribution >= 0.6 is 11.6 Å². The number of oxazole rings is 1. The summed E-state index contributed by atoms with van der Waals surface area (Å²) in [5, 5.41) is 23.5. The molecule has 0 spiro atoms. The summed E-state index contributed by atoms with van der Waals surface area (Å²) >= 11 is 5.93. The molecule has 4 aromatic carbocycles. The minimum absolute atomic E-state index is 0.127. The third-order valence-electron chi connectivity index (χ3n) is 5.02. The van der Waals surface area contributed by atoms with E-state index in [1.807, 2.05) is 42.5 Å². The van der Waals surface area contributed by atoms with Crippen LogP contribution in [0.15, 0.2) is 82.2 Å². The van der Waals surface area contributed by atoms with Gasteiger partial charge in [0, 0.05) is 28.4 Å². The summed E-state index contributed by atoms with van der Waals surface area (Å²) < 4.78 is 5.96. The van der Waals surface area contributed by atoms with Crippen LogP contribution in [0.5, 0.6) is 5.75 Å². The van der Waals surface area contributed by atoms with Gasteiger partial charge in [-0.15, -0.1) is 0 Å². The first kappa shape index (κ1) is 19.7. The highest BCUT2D eigenvalue weighted by molar-refractivity contribution is 6.31. The lowest BCUT2D eigenvalue weighted by molar-refractivity contribution is -0.385. The van der Waals surface area contributed by atoms with Crippen LogP contribution in [0.3, 0.4) is 0 Å². The van der Waals surface area contributed by atoms with Crippen molar-refractivity contribution in [2.45, 2.75) is 0 Å². The predicted molar refractivity (Wildman–Crippen MR) is 124 cm³/mol. The van der Waals surface area contributed by atoms with Gasteiger partial charge in [0.2, 0.25) is 11.6 Å². The van der Waals surface area contributed by atoms with Crippen LogP contribution in [0.4, 0.5) is 11.4 Å². The molecule has 0 aliphatic heterocycles. The number of benzene rings is 4. The van der Waals surface area contributed by atoms with Gasteiger partial charge in [0.25, 0.3) is 0 Å². The molecule has 1 heterocycles. The Balaban J connectivity index is 1.52. The fourth-order valence-electron chi connectivity index (χ4n) is 3.51. The second-order valence-electron chi connectivity index (χ2n) is 7.08. The third kappa shape index (κ3) is 3.55. The molecular weight excluding hydrogens is 430 g/mol. The molecule has 5 aromatic rings. The standard InChI is InChI=1S/C24H14ClN3O4/c25-16-10-15(23(29)21(11-16)28(30)31)13-26-17-8-9-22-20(12-17)27-24(32-22)19-7-3-5-14-4-1-2-6-18(14)19/h1-13,29H. The Bertz CT molecular complexity index is 1540. The number of aliphatic imine (C=N–C) groups is 1. The summed E-state index contributed by atoms with van der Waals surface area (Å²) in [6.45, 7) is 0. The molecule has 8 heteroatoms. The van der Waals surface area contributed by atoms with Crippen LogP contribution in [0.1, 0.15) is 5.56 Å². The summed E-state index contributed by atoms with van der Waals surface area (Å²) in [5.74, 6) is 0.00458. The van der Waals surface area contributed by atoms with Crippen molar-refractivity contribution in [2.24, 2.45) is 4.99 Å². The molecule has 1 aromatic heterocycles. The molecule has 0 aliphatic rings. The Morgan fingerprint density at radius 2 is 1.88 bits per heavy atom. The van der Waals surface area contributed by atoms with Crippen LogP contribution in [0.2, 0.25) is 5.02 Å². The summed E-state index contributed by atoms with van der Waals surface area (Å²) in [7, 11) is 0. The maximum absolute atomic E-state index is 11.1. The van der Waals surface area contributed by atoms with E-state index in [-0.39, 0.29) is 10.6 Å². The van der Waals surface area contributed by atoms with E-state index in [2.05, 4.69) is 9.98 Å². The van der Waals surface area contributed by atoms with Crippen molar-refractivity contribution in [3.8, 4) is 17.2 Å². The van der Waals surface area contributed by atoms with Crippen molar-refractivity contribution in [2.75, 3.05) is 0 Å². The van der Waals surface area contributed by atoms with Gasteiger partial charge in [-0.1, -0.05) is 48.0 Å². The number of aromatic hydroxyl groups is 1. The van der Waals surface area contributed by atoms with Gasteiger partial charge in [0.1, 0.15) is 5.52 Å². The van der Waals surface area contributed by atoms with Crippen molar-refractivity contribution < 1.29 is 14.4 Å². The number of hydrogen-bond donors (Lipinski definition) is 1. The van der Waals surface area contributed by atoms with Gasteiger partial charge in [-0.2, -0.15) is 0 Å². The highest BCUT2D eigenvalue weighted by Crippen LogP contribution is 2.34. The number of nitro groups is 1. The van der Waals surface area contributed by atoms with Crippen molar-refractivity contribution in [3.63, 3.8) is 0 Å². The minimum Gasteiger partial charge on any atom is -0.502 e. The topological polar surface area (TPSA) is 102 Å². The summed E-state index contributed by atoms with van der Waals surface area (Å²) in [4.78, 5) is 19.3. The molecule has 5 rings (SSSR count). The summed E-state index contributed by atoms with van der Waals surface area (Å²) in [6, 6.07) is 21.7. The molecule has 0 radical (unpaired) electrons. The monoisotopic (exact) mass is 443 g/mol. The highest BCUT2D eigenvalue weighted by Gasteiger charge is 2.18. The quantitative estimate of drug-likeness (QED) is 0.190. The maximum Gasteiger partial charge on any atom is 0.312 e. The average Bonchev–Trinajstić information content (AvgIpc) is 3.22. The van der Waals surface area contributed by atoms with Crippen molar-refractivity contribution in [1.82, 2.24) is 4.98 Å². The number of nitrogens with zero attached hydrogens (tertiary/aromatic N) is 3. The molecule has 0 unspecified atom stereocenters. The Morgan fingerprint density at radius 1 is 1.06 bits per heavy atom. The molecule has 1 N–H and O–H groups in total. The summed E-state index contributed by atoms with van der Waals surface area (Å²) in [5.41, 5.74) is 2.31. The first-order valence-corrected chi connectivity index (χ1v) is 9.97. The van der Waals surface area contributed by atoms with E-state index in [0.29, 0.717) is 22.7 Å². The number of nitro benzene ring substituents is 1. The van der Waals surface area contributed by atoms with Crippen molar-refractivity contribution >= 4 is 51.1 Å². The van der Waals surface area contributed by atoms with Gasteiger partial charge in [-0.3, -0.25) is 15.1 Å². The molecule has 0 saturated carbocycles. The molecule has 0 amide bonds. The second kappa shape index (κ2) is 7.79. The van der Waals surface area contributed by atoms with E-state index in [4.69, 9.17) is 16.0 Å².